The minimum Gasteiger partial charge on any atom is -0.324 e. The molecule has 0 aromatic carbocycles. The Balaban J connectivity index is 2.40. The second-order valence-corrected chi connectivity index (χ2v) is 9.52. The molecule has 10 heteroatoms. The monoisotopic (exact) mass is 355 g/mol. The first kappa shape index (κ1) is 16.7. The average molecular weight is 356 g/mol. The maximum absolute atomic E-state index is 12.7. The maximum atomic E-state index is 12.7. The normalized spacial score (nSPS) is 22.0. The van der Waals surface area contributed by atoms with Crippen molar-refractivity contribution in [2.75, 3.05) is 18.1 Å². The minimum absolute atomic E-state index is 0.0172. The van der Waals surface area contributed by atoms with Gasteiger partial charge < -0.3 is 4.57 Å². The van der Waals surface area contributed by atoms with Gasteiger partial charge in [-0.25, -0.2) is 21.8 Å². The Morgan fingerprint density at radius 2 is 2.19 bits per heavy atom. The van der Waals surface area contributed by atoms with Gasteiger partial charge in [-0.05, 0) is 12.8 Å². The third-order valence-corrected chi connectivity index (χ3v) is 7.64. The van der Waals surface area contributed by atoms with E-state index in [-0.39, 0.29) is 28.2 Å². The van der Waals surface area contributed by atoms with E-state index >= 15 is 0 Å². The van der Waals surface area contributed by atoms with Crippen LogP contribution in [0.4, 0.5) is 0 Å². The highest BCUT2D eigenvalue weighted by Crippen LogP contribution is 2.28. The van der Waals surface area contributed by atoms with Gasteiger partial charge in [0.2, 0.25) is 5.03 Å². The predicted molar refractivity (Wildman–Crippen MR) is 79.5 cm³/mol. The zero-order valence-electron chi connectivity index (χ0n) is 11.9. The molecule has 0 aliphatic carbocycles. The number of sulfone groups is 1. The van der Waals surface area contributed by atoms with Crippen molar-refractivity contribution in [2.45, 2.75) is 30.8 Å². The van der Waals surface area contributed by atoms with E-state index in [0.29, 0.717) is 12.8 Å². The van der Waals surface area contributed by atoms with Crippen LogP contribution in [0, 0.1) is 0 Å². The van der Waals surface area contributed by atoms with E-state index in [2.05, 4.69) is 4.98 Å². The molecule has 1 aliphatic heterocycles. The van der Waals surface area contributed by atoms with Crippen molar-refractivity contribution < 1.29 is 16.8 Å². The van der Waals surface area contributed by atoms with Crippen LogP contribution in [0.5, 0.6) is 0 Å². The van der Waals surface area contributed by atoms with Crippen LogP contribution < -0.4 is 0 Å². The van der Waals surface area contributed by atoms with Crippen molar-refractivity contribution in [3.05, 3.63) is 11.5 Å². The number of aromatic nitrogens is 2. The Hall–Kier alpha value is -0.640. The molecule has 21 heavy (non-hydrogen) atoms. The standard InChI is InChI=1S/C11H18ClN3O4S2/c1-3-5-15(9-4-6-20(16,17)7-9)21(18,19)11-10(12)14(2)8-13-11/h8-9H,3-7H2,1-2H3. The van der Waals surface area contributed by atoms with Crippen LogP contribution in [0.1, 0.15) is 19.8 Å². The highest BCUT2D eigenvalue weighted by Gasteiger charge is 2.40. The summed E-state index contributed by atoms with van der Waals surface area (Å²) in [5.74, 6) is -0.125. The average Bonchev–Trinajstić information content (AvgIpc) is 2.90. The Kier molecular flexibility index (Phi) is 4.67. The molecule has 1 aromatic rings. The predicted octanol–water partition coefficient (Wildman–Crippen LogP) is 0.661. The van der Waals surface area contributed by atoms with Crippen LogP contribution in [0.15, 0.2) is 11.4 Å². The van der Waals surface area contributed by atoms with Gasteiger partial charge in [-0.15, -0.1) is 0 Å². The smallest absolute Gasteiger partial charge is 0.263 e. The van der Waals surface area contributed by atoms with Crippen molar-refractivity contribution in [3.8, 4) is 0 Å². The SMILES string of the molecule is CCCN(C1CCS(=O)(=O)C1)S(=O)(=O)c1ncn(C)c1Cl. The largest absolute Gasteiger partial charge is 0.324 e. The van der Waals surface area contributed by atoms with E-state index in [1.807, 2.05) is 6.92 Å². The third-order valence-electron chi connectivity index (χ3n) is 3.45. The Bertz CT molecular complexity index is 727. The highest BCUT2D eigenvalue weighted by molar-refractivity contribution is 7.92. The summed E-state index contributed by atoms with van der Waals surface area (Å²) in [6, 6.07) is -0.543. The van der Waals surface area contributed by atoms with Gasteiger partial charge in [0.25, 0.3) is 10.0 Å². The van der Waals surface area contributed by atoms with Gasteiger partial charge in [0.15, 0.2) is 9.84 Å². The van der Waals surface area contributed by atoms with E-state index in [1.54, 1.807) is 7.05 Å². The van der Waals surface area contributed by atoms with Crippen LogP contribution in [0.3, 0.4) is 0 Å². The molecule has 0 radical (unpaired) electrons. The number of imidazole rings is 1. The molecular weight excluding hydrogens is 338 g/mol. The zero-order valence-corrected chi connectivity index (χ0v) is 14.2. The number of halogens is 1. The molecule has 7 nitrogen and oxygen atoms in total. The van der Waals surface area contributed by atoms with Crippen LogP contribution in [-0.2, 0) is 26.9 Å². The number of aryl methyl sites for hydroxylation is 1. The fourth-order valence-electron chi connectivity index (χ4n) is 2.40. The summed E-state index contributed by atoms with van der Waals surface area (Å²) in [7, 11) is -5.48. The van der Waals surface area contributed by atoms with Crippen molar-refractivity contribution in [3.63, 3.8) is 0 Å². The Morgan fingerprint density at radius 3 is 2.62 bits per heavy atom. The highest BCUT2D eigenvalue weighted by atomic mass is 35.5. The molecule has 0 amide bonds. The van der Waals surface area contributed by atoms with Crippen LogP contribution in [0.2, 0.25) is 5.15 Å². The first-order valence-electron chi connectivity index (χ1n) is 6.58. The fourth-order valence-corrected chi connectivity index (χ4v) is 6.36. The van der Waals surface area contributed by atoms with Crippen LogP contribution in [0.25, 0.3) is 0 Å². The lowest BCUT2D eigenvalue weighted by Gasteiger charge is -2.26. The molecule has 1 saturated heterocycles. The molecule has 1 unspecified atom stereocenters. The van der Waals surface area contributed by atoms with Gasteiger partial charge in [0.05, 0.1) is 17.8 Å². The number of sulfonamides is 1. The lowest BCUT2D eigenvalue weighted by atomic mass is 10.2. The lowest BCUT2D eigenvalue weighted by molar-refractivity contribution is 0.339. The van der Waals surface area contributed by atoms with Crippen LogP contribution >= 0.6 is 11.6 Å². The second kappa shape index (κ2) is 5.86. The molecule has 0 N–H and O–H groups in total. The molecule has 1 atom stereocenters. The third kappa shape index (κ3) is 3.25. The van der Waals surface area contributed by atoms with Gasteiger partial charge in [-0.2, -0.15) is 4.31 Å². The first-order valence-corrected chi connectivity index (χ1v) is 10.2. The summed E-state index contributed by atoms with van der Waals surface area (Å²) in [6.45, 7) is 2.08. The van der Waals surface area contributed by atoms with E-state index in [4.69, 9.17) is 11.6 Å². The van der Waals surface area contributed by atoms with E-state index in [1.165, 1.54) is 15.2 Å². The van der Waals surface area contributed by atoms with E-state index < -0.39 is 25.9 Å². The number of hydrogen-bond acceptors (Lipinski definition) is 5. The van der Waals surface area contributed by atoms with E-state index in [0.717, 1.165) is 0 Å². The topological polar surface area (TPSA) is 89.3 Å². The minimum atomic E-state index is -3.90. The van der Waals surface area contributed by atoms with Gasteiger partial charge >= 0.3 is 0 Å². The second-order valence-electron chi connectivity index (χ2n) is 5.12. The summed E-state index contributed by atoms with van der Waals surface area (Å²) in [5.41, 5.74) is 0. The summed E-state index contributed by atoms with van der Waals surface area (Å²) >= 11 is 5.98. The molecule has 0 bridgehead atoms. The maximum Gasteiger partial charge on any atom is 0.263 e. The summed E-state index contributed by atoms with van der Waals surface area (Å²) < 4.78 is 51.3. The van der Waals surface area contributed by atoms with Gasteiger partial charge in [-0.3, -0.25) is 0 Å². The molecule has 2 rings (SSSR count). The summed E-state index contributed by atoms with van der Waals surface area (Å²) in [6.07, 6.45) is 2.22. The molecule has 2 heterocycles. The molecule has 1 fully saturated rings. The van der Waals surface area contributed by atoms with Crippen molar-refractivity contribution in [1.82, 2.24) is 13.9 Å². The number of rotatable bonds is 5. The summed E-state index contributed by atoms with van der Waals surface area (Å²) in [5, 5.41) is -0.193. The Morgan fingerprint density at radius 1 is 1.52 bits per heavy atom. The molecule has 0 spiro atoms. The van der Waals surface area contributed by atoms with Crippen molar-refractivity contribution in [2.24, 2.45) is 7.05 Å². The Labute approximate surface area is 129 Å². The lowest BCUT2D eigenvalue weighted by Crippen LogP contribution is -2.41. The van der Waals surface area contributed by atoms with E-state index in [9.17, 15) is 16.8 Å². The summed E-state index contributed by atoms with van der Waals surface area (Å²) in [4.78, 5) is 3.85. The van der Waals surface area contributed by atoms with Crippen molar-refractivity contribution in [1.29, 1.82) is 0 Å². The molecule has 1 aromatic heterocycles. The number of nitrogens with zero attached hydrogens (tertiary/aromatic N) is 3. The first-order chi connectivity index (χ1) is 9.69. The van der Waals surface area contributed by atoms with Gasteiger partial charge in [0, 0.05) is 19.6 Å². The van der Waals surface area contributed by atoms with Crippen molar-refractivity contribution >= 4 is 31.5 Å². The number of hydrogen-bond donors (Lipinski definition) is 0. The van der Waals surface area contributed by atoms with Gasteiger partial charge in [0.1, 0.15) is 5.15 Å². The zero-order chi connectivity index (χ0) is 15.8. The molecule has 120 valence electrons. The fraction of sp³-hybridized carbons (Fsp3) is 0.727. The molecular formula is C11H18ClN3O4S2. The van der Waals surface area contributed by atoms with Crippen LogP contribution in [-0.4, -0.2) is 54.8 Å². The van der Waals surface area contributed by atoms with Gasteiger partial charge in [-0.1, -0.05) is 18.5 Å². The molecule has 1 aliphatic rings. The molecule has 0 saturated carbocycles. The quantitative estimate of drug-likeness (QED) is 0.774.